The van der Waals surface area contributed by atoms with E-state index >= 15 is 0 Å². The van der Waals surface area contributed by atoms with E-state index in [1.54, 1.807) is 25.4 Å². The van der Waals surface area contributed by atoms with Crippen molar-refractivity contribution in [2.75, 3.05) is 6.61 Å². The van der Waals surface area contributed by atoms with E-state index in [0.717, 1.165) is 17.1 Å². The predicted octanol–water partition coefficient (Wildman–Crippen LogP) is 4.10. The summed E-state index contributed by atoms with van der Waals surface area (Å²) in [5.41, 5.74) is 6.88. The number of aryl methyl sites for hydroxylation is 4. The van der Waals surface area contributed by atoms with Crippen molar-refractivity contribution in [3.8, 4) is 5.69 Å². The monoisotopic (exact) mass is 416 g/mol. The fourth-order valence-electron chi connectivity index (χ4n) is 3.82. The molecule has 4 rings (SSSR count). The highest BCUT2D eigenvalue weighted by atomic mass is 16.5. The Morgan fingerprint density at radius 2 is 1.81 bits per heavy atom. The van der Waals surface area contributed by atoms with Gasteiger partial charge in [0, 0.05) is 35.0 Å². The van der Waals surface area contributed by atoms with Crippen LogP contribution in [0.25, 0.3) is 11.3 Å². The molecular weight excluding hydrogens is 392 g/mol. The van der Waals surface area contributed by atoms with E-state index in [1.807, 2.05) is 30.5 Å². The molecule has 0 unspecified atom stereocenters. The van der Waals surface area contributed by atoms with Crippen LogP contribution in [0.3, 0.4) is 0 Å². The summed E-state index contributed by atoms with van der Waals surface area (Å²) in [6.45, 7) is 9.36. The van der Waals surface area contributed by atoms with Crippen LogP contribution >= 0.6 is 0 Å². The molecule has 0 aliphatic rings. The Hall–Kier alpha value is -3.74. The van der Waals surface area contributed by atoms with Crippen molar-refractivity contribution in [3.63, 3.8) is 0 Å². The summed E-state index contributed by atoms with van der Waals surface area (Å²) in [7, 11) is 0. The highest BCUT2D eigenvalue weighted by molar-refractivity contribution is 6.02. The van der Waals surface area contributed by atoms with Gasteiger partial charge in [-0.25, -0.2) is 14.3 Å². The van der Waals surface area contributed by atoms with E-state index in [0.29, 0.717) is 16.9 Å². The van der Waals surface area contributed by atoms with Gasteiger partial charge in [0.05, 0.1) is 5.69 Å². The molecule has 1 aromatic carbocycles. The smallest absolute Gasteiger partial charge is 0.344 e. The maximum Gasteiger partial charge on any atom is 0.344 e. The largest absolute Gasteiger partial charge is 0.454 e. The molecule has 31 heavy (non-hydrogen) atoms. The molecule has 0 saturated heterocycles. The number of carbonyl (C=O) groups excluding carboxylic acids is 2. The summed E-state index contributed by atoms with van der Waals surface area (Å²) >= 11 is 0. The van der Waals surface area contributed by atoms with Gasteiger partial charge in [-0.1, -0.05) is 6.07 Å². The zero-order chi connectivity index (χ0) is 22.3. The highest BCUT2D eigenvalue weighted by Gasteiger charge is 2.22. The number of rotatable bonds is 5. The second-order valence-corrected chi connectivity index (χ2v) is 7.74. The topological polar surface area (TPSA) is 78.5 Å². The molecule has 0 atom stereocenters. The van der Waals surface area contributed by atoms with Gasteiger partial charge in [0.15, 0.2) is 12.3 Å². The minimum atomic E-state index is -0.609. The van der Waals surface area contributed by atoms with E-state index < -0.39 is 5.97 Å². The normalized spacial score (nSPS) is 11.1. The van der Waals surface area contributed by atoms with Crippen molar-refractivity contribution in [2.45, 2.75) is 34.6 Å². The fraction of sp³-hybridized carbons (Fsp3) is 0.250. The molecule has 0 fully saturated rings. The van der Waals surface area contributed by atoms with Gasteiger partial charge >= 0.3 is 5.97 Å². The van der Waals surface area contributed by atoms with Crippen LogP contribution < -0.4 is 0 Å². The predicted molar refractivity (Wildman–Crippen MR) is 117 cm³/mol. The number of hydrogen-bond acceptors (Lipinski definition) is 5. The van der Waals surface area contributed by atoms with Crippen LogP contribution in [0.2, 0.25) is 0 Å². The molecule has 0 bridgehead atoms. The minimum Gasteiger partial charge on any atom is -0.454 e. The number of fused-ring (bicyclic) bond motifs is 1. The van der Waals surface area contributed by atoms with Gasteiger partial charge in [-0.15, -0.1) is 0 Å². The molecule has 4 aromatic rings. The highest BCUT2D eigenvalue weighted by Crippen LogP contribution is 2.23. The molecule has 7 heteroatoms. The Labute approximate surface area is 180 Å². The quantitative estimate of drug-likeness (QED) is 0.361. The van der Waals surface area contributed by atoms with Crippen molar-refractivity contribution < 1.29 is 14.3 Å². The summed E-state index contributed by atoms with van der Waals surface area (Å²) in [5.74, 6) is -0.860. The van der Waals surface area contributed by atoms with Gasteiger partial charge in [-0.3, -0.25) is 4.79 Å². The number of esters is 1. The lowest BCUT2D eigenvalue weighted by Gasteiger charge is -2.12. The lowest BCUT2D eigenvalue weighted by atomic mass is 10.1. The van der Waals surface area contributed by atoms with Crippen LogP contribution in [0.15, 0.2) is 42.7 Å². The van der Waals surface area contributed by atoms with Gasteiger partial charge in [-0.2, -0.15) is 5.10 Å². The first kappa shape index (κ1) is 20.5. The molecule has 0 saturated carbocycles. The van der Waals surface area contributed by atoms with Gasteiger partial charge in [0.2, 0.25) is 5.78 Å². The summed E-state index contributed by atoms with van der Waals surface area (Å²) in [6, 6.07) is 9.77. The number of ketones is 1. The molecule has 0 amide bonds. The average molecular weight is 416 g/mol. The third-order valence-electron chi connectivity index (χ3n) is 5.59. The zero-order valence-electron chi connectivity index (χ0n) is 18.3. The molecule has 7 nitrogen and oxygen atoms in total. The maximum absolute atomic E-state index is 12.9. The van der Waals surface area contributed by atoms with Crippen LogP contribution in [0.4, 0.5) is 0 Å². The second kappa shape index (κ2) is 7.83. The number of benzene rings is 1. The Kier molecular flexibility index (Phi) is 5.19. The number of ether oxygens (including phenoxy) is 1. The SMILES string of the molecule is Cc1ccc(-n2c(C)cc(C(=O)COC(=O)c3c(C)nn4cccnc34)c2C)cc1C. The van der Waals surface area contributed by atoms with Gasteiger partial charge in [0.25, 0.3) is 0 Å². The summed E-state index contributed by atoms with van der Waals surface area (Å²) in [4.78, 5) is 29.7. The molecule has 158 valence electrons. The van der Waals surface area contributed by atoms with Crippen LogP contribution in [-0.2, 0) is 4.74 Å². The van der Waals surface area contributed by atoms with Crippen LogP contribution in [0.1, 0.15) is 48.9 Å². The first-order chi connectivity index (χ1) is 14.8. The number of nitrogens with zero attached hydrogens (tertiary/aromatic N) is 4. The molecule has 3 aromatic heterocycles. The fourth-order valence-corrected chi connectivity index (χ4v) is 3.82. The maximum atomic E-state index is 12.9. The van der Waals surface area contributed by atoms with Crippen LogP contribution in [0.5, 0.6) is 0 Å². The standard InChI is InChI=1S/C24H24N4O3/c1-14-7-8-19(11-15(14)2)28-16(3)12-20(18(28)5)21(29)13-31-24(30)22-17(4)26-27-10-6-9-25-23(22)27/h6-12H,13H2,1-5H3. The van der Waals surface area contributed by atoms with Crippen LogP contribution in [-0.4, -0.2) is 37.5 Å². The Balaban J connectivity index is 1.56. The lowest BCUT2D eigenvalue weighted by molar-refractivity contribution is 0.0475. The van der Waals surface area contributed by atoms with Gasteiger partial charge < -0.3 is 9.30 Å². The summed E-state index contributed by atoms with van der Waals surface area (Å²) in [6.07, 6.45) is 3.29. The average Bonchev–Trinajstić information content (AvgIpc) is 3.23. The van der Waals surface area contributed by atoms with E-state index in [1.165, 1.54) is 15.6 Å². The van der Waals surface area contributed by atoms with Crippen molar-refractivity contribution in [3.05, 3.63) is 82.1 Å². The Bertz CT molecular complexity index is 1330. The third-order valence-corrected chi connectivity index (χ3v) is 5.59. The van der Waals surface area contributed by atoms with E-state index in [9.17, 15) is 9.59 Å². The Morgan fingerprint density at radius 1 is 1.03 bits per heavy atom. The Morgan fingerprint density at radius 3 is 2.55 bits per heavy atom. The molecule has 0 aliphatic carbocycles. The first-order valence-electron chi connectivity index (χ1n) is 10.0. The van der Waals surface area contributed by atoms with E-state index in [-0.39, 0.29) is 18.0 Å². The van der Waals surface area contributed by atoms with Crippen molar-refractivity contribution >= 4 is 17.4 Å². The van der Waals surface area contributed by atoms with Crippen LogP contribution in [0, 0.1) is 34.6 Å². The molecule has 0 aliphatic heterocycles. The van der Waals surface area contributed by atoms with Gasteiger partial charge in [-0.05, 0) is 70.0 Å². The lowest BCUT2D eigenvalue weighted by Crippen LogP contribution is -2.15. The minimum absolute atomic E-state index is 0.251. The molecule has 3 heterocycles. The van der Waals surface area contributed by atoms with Crippen molar-refractivity contribution in [1.82, 2.24) is 19.2 Å². The van der Waals surface area contributed by atoms with Crippen molar-refractivity contribution in [2.24, 2.45) is 0 Å². The first-order valence-corrected chi connectivity index (χ1v) is 10.0. The summed E-state index contributed by atoms with van der Waals surface area (Å²) < 4.78 is 8.91. The van der Waals surface area contributed by atoms with E-state index in [4.69, 9.17) is 4.74 Å². The zero-order valence-corrected chi connectivity index (χ0v) is 18.3. The molecule has 0 spiro atoms. The second-order valence-electron chi connectivity index (χ2n) is 7.74. The number of hydrogen-bond donors (Lipinski definition) is 0. The van der Waals surface area contributed by atoms with Crippen molar-refractivity contribution in [1.29, 1.82) is 0 Å². The summed E-state index contributed by atoms with van der Waals surface area (Å²) in [5, 5.41) is 4.26. The molecule has 0 radical (unpaired) electrons. The number of carbonyl (C=O) groups is 2. The number of aromatic nitrogens is 4. The molecular formula is C24H24N4O3. The third kappa shape index (κ3) is 3.63. The van der Waals surface area contributed by atoms with E-state index in [2.05, 4.69) is 36.1 Å². The number of Topliss-reactive ketones (excluding diaryl/α,β-unsaturated/α-hetero) is 1. The van der Waals surface area contributed by atoms with Gasteiger partial charge in [0.1, 0.15) is 5.56 Å². The molecule has 0 N–H and O–H groups in total.